The summed E-state index contributed by atoms with van der Waals surface area (Å²) in [6, 6.07) is 8.50. The zero-order valence-electron chi connectivity index (χ0n) is 10.6. The first-order valence-corrected chi connectivity index (χ1v) is 7.18. The number of carbonyl (C=O) groups is 2. The molecule has 1 N–H and O–H groups in total. The highest BCUT2D eigenvalue weighted by Crippen LogP contribution is 2.20. The number of nitrogens with one attached hydrogen (secondary N) is 1. The number of benzene rings is 1. The van der Waals surface area contributed by atoms with Crippen LogP contribution in [0.4, 0.5) is 5.69 Å². The summed E-state index contributed by atoms with van der Waals surface area (Å²) in [7, 11) is 0. The lowest BCUT2D eigenvalue weighted by Crippen LogP contribution is -2.30. The molecule has 0 fully saturated rings. The molecule has 1 atom stereocenters. The summed E-state index contributed by atoms with van der Waals surface area (Å²) in [5.74, 6) is -0.949. The molecule has 104 valence electrons. The molecule has 20 heavy (non-hydrogen) atoms. The van der Waals surface area contributed by atoms with E-state index in [4.69, 9.17) is 16.3 Å². The highest BCUT2D eigenvalue weighted by Gasteiger charge is 2.19. The lowest BCUT2D eigenvalue weighted by molar-refractivity contribution is -0.123. The molecule has 0 saturated carbocycles. The van der Waals surface area contributed by atoms with Gasteiger partial charge in [0.2, 0.25) is 0 Å². The summed E-state index contributed by atoms with van der Waals surface area (Å²) in [4.78, 5) is 23.6. The van der Waals surface area contributed by atoms with Gasteiger partial charge in [0.25, 0.3) is 5.91 Å². The Morgan fingerprint density at radius 2 is 2.05 bits per heavy atom. The molecule has 2 rings (SSSR count). The summed E-state index contributed by atoms with van der Waals surface area (Å²) in [6.45, 7) is 1.51. The van der Waals surface area contributed by atoms with E-state index < -0.39 is 18.0 Å². The van der Waals surface area contributed by atoms with E-state index in [0.29, 0.717) is 16.3 Å². The van der Waals surface area contributed by atoms with Crippen LogP contribution in [0.5, 0.6) is 0 Å². The van der Waals surface area contributed by atoms with Gasteiger partial charge in [0, 0.05) is 5.38 Å². The predicted molar refractivity (Wildman–Crippen MR) is 79.3 cm³/mol. The second-order valence-electron chi connectivity index (χ2n) is 4.03. The number of rotatable bonds is 4. The van der Waals surface area contributed by atoms with Gasteiger partial charge in [-0.1, -0.05) is 23.7 Å². The Bertz CT molecular complexity index is 613. The van der Waals surface area contributed by atoms with Gasteiger partial charge in [-0.15, -0.1) is 0 Å². The highest BCUT2D eigenvalue weighted by atomic mass is 35.5. The van der Waals surface area contributed by atoms with E-state index in [1.807, 2.05) is 0 Å². The summed E-state index contributed by atoms with van der Waals surface area (Å²) < 4.78 is 5.08. The molecule has 0 aliphatic carbocycles. The van der Waals surface area contributed by atoms with Crippen molar-refractivity contribution in [1.29, 1.82) is 0 Å². The molecular formula is C14H12ClNO3S. The van der Waals surface area contributed by atoms with Crippen LogP contribution in [0.1, 0.15) is 17.3 Å². The summed E-state index contributed by atoms with van der Waals surface area (Å²) >= 11 is 7.33. The number of esters is 1. The molecule has 1 heterocycles. The Morgan fingerprint density at radius 3 is 2.70 bits per heavy atom. The van der Waals surface area contributed by atoms with Crippen molar-refractivity contribution >= 4 is 40.5 Å². The number of amides is 1. The van der Waals surface area contributed by atoms with E-state index in [0.717, 1.165) is 0 Å². The minimum atomic E-state index is -0.904. The van der Waals surface area contributed by atoms with Crippen LogP contribution < -0.4 is 5.32 Å². The average molecular weight is 310 g/mol. The van der Waals surface area contributed by atoms with E-state index in [1.54, 1.807) is 41.1 Å². The van der Waals surface area contributed by atoms with Crippen molar-refractivity contribution in [3.05, 3.63) is 51.7 Å². The first-order chi connectivity index (χ1) is 9.58. The quantitative estimate of drug-likeness (QED) is 0.878. The third-order valence-electron chi connectivity index (χ3n) is 2.54. The van der Waals surface area contributed by atoms with E-state index in [-0.39, 0.29) is 0 Å². The van der Waals surface area contributed by atoms with Gasteiger partial charge in [0.1, 0.15) is 0 Å². The van der Waals surface area contributed by atoms with Crippen molar-refractivity contribution in [1.82, 2.24) is 0 Å². The third-order valence-corrected chi connectivity index (χ3v) is 3.55. The van der Waals surface area contributed by atoms with Crippen LogP contribution in [0.2, 0.25) is 5.02 Å². The Balaban J connectivity index is 1.96. The maximum atomic E-state index is 11.9. The van der Waals surface area contributed by atoms with Gasteiger partial charge >= 0.3 is 5.97 Å². The predicted octanol–water partition coefficient (Wildman–Crippen LogP) is 3.59. The third kappa shape index (κ3) is 3.59. The monoisotopic (exact) mass is 309 g/mol. The Hall–Kier alpha value is -1.85. The zero-order chi connectivity index (χ0) is 14.5. The van der Waals surface area contributed by atoms with E-state index in [9.17, 15) is 9.59 Å². The minimum Gasteiger partial charge on any atom is -0.449 e. The molecule has 1 aromatic carbocycles. The minimum absolute atomic E-state index is 0.428. The number of hydrogen-bond donors (Lipinski definition) is 1. The van der Waals surface area contributed by atoms with Gasteiger partial charge in [0.05, 0.1) is 16.3 Å². The average Bonchev–Trinajstić information content (AvgIpc) is 2.95. The second kappa shape index (κ2) is 6.54. The molecule has 2 aromatic rings. The normalized spacial score (nSPS) is 11.7. The van der Waals surface area contributed by atoms with Crippen molar-refractivity contribution < 1.29 is 14.3 Å². The second-order valence-corrected chi connectivity index (χ2v) is 5.22. The molecule has 0 saturated heterocycles. The number of para-hydroxylation sites is 1. The van der Waals surface area contributed by atoms with Crippen molar-refractivity contribution in [2.24, 2.45) is 0 Å². The number of ether oxygens (including phenoxy) is 1. The van der Waals surface area contributed by atoms with Gasteiger partial charge in [-0.05, 0) is 30.5 Å². The smallest absolute Gasteiger partial charge is 0.339 e. The molecule has 6 heteroatoms. The zero-order valence-corrected chi connectivity index (χ0v) is 12.2. The van der Waals surface area contributed by atoms with Crippen molar-refractivity contribution in [3.8, 4) is 0 Å². The number of thiophene rings is 1. The molecule has 4 nitrogen and oxygen atoms in total. The van der Waals surface area contributed by atoms with Crippen LogP contribution in [0, 0.1) is 0 Å². The summed E-state index contributed by atoms with van der Waals surface area (Å²) in [5, 5.41) is 6.48. The van der Waals surface area contributed by atoms with Gasteiger partial charge < -0.3 is 10.1 Å². The van der Waals surface area contributed by atoms with E-state index in [1.165, 1.54) is 18.3 Å². The molecular weight excluding hydrogens is 298 g/mol. The van der Waals surface area contributed by atoms with Crippen molar-refractivity contribution in [2.45, 2.75) is 13.0 Å². The Labute approximate surface area is 125 Å². The first kappa shape index (κ1) is 14.6. The number of anilines is 1. The van der Waals surface area contributed by atoms with Crippen LogP contribution in [0.25, 0.3) is 0 Å². The molecule has 0 radical (unpaired) electrons. The molecule has 0 unspecified atom stereocenters. The van der Waals surface area contributed by atoms with Gasteiger partial charge in [-0.3, -0.25) is 4.79 Å². The topological polar surface area (TPSA) is 55.4 Å². The van der Waals surface area contributed by atoms with Crippen LogP contribution in [0.3, 0.4) is 0 Å². The van der Waals surface area contributed by atoms with Gasteiger partial charge in [-0.2, -0.15) is 11.3 Å². The number of hydrogen-bond acceptors (Lipinski definition) is 4. The fourth-order valence-electron chi connectivity index (χ4n) is 1.46. The molecule has 1 aromatic heterocycles. The Kier molecular flexibility index (Phi) is 4.76. The molecule has 0 spiro atoms. The lowest BCUT2D eigenvalue weighted by Gasteiger charge is -2.13. The van der Waals surface area contributed by atoms with E-state index >= 15 is 0 Å². The standard InChI is InChI=1S/C14H12ClNO3S/c1-9(19-14(18)10-6-7-20-8-10)13(17)16-12-5-3-2-4-11(12)15/h2-9H,1H3,(H,16,17)/t9-/m1/s1. The van der Waals surface area contributed by atoms with Gasteiger partial charge in [0.15, 0.2) is 6.10 Å². The molecule has 0 aliphatic heterocycles. The largest absolute Gasteiger partial charge is 0.449 e. The van der Waals surface area contributed by atoms with Crippen LogP contribution >= 0.6 is 22.9 Å². The Morgan fingerprint density at radius 1 is 1.30 bits per heavy atom. The number of carbonyl (C=O) groups excluding carboxylic acids is 2. The molecule has 1 amide bonds. The maximum absolute atomic E-state index is 11.9. The van der Waals surface area contributed by atoms with Crippen LogP contribution in [0.15, 0.2) is 41.1 Å². The molecule has 0 aliphatic rings. The summed E-state index contributed by atoms with van der Waals surface area (Å²) in [5.41, 5.74) is 0.921. The SMILES string of the molecule is C[C@@H](OC(=O)c1ccsc1)C(=O)Nc1ccccc1Cl. The van der Waals surface area contributed by atoms with Crippen molar-refractivity contribution in [3.63, 3.8) is 0 Å². The highest BCUT2D eigenvalue weighted by molar-refractivity contribution is 7.08. The molecule has 0 bridgehead atoms. The number of halogens is 1. The fourth-order valence-corrected chi connectivity index (χ4v) is 2.27. The maximum Gasteiger partial charge on any atom is 0.339 e. The van der Waals surface area contributed by atoms with Crippen LogP contribution in [-0.4, -0.2) is 18.0 Å². The van der Waals surface area contributed by atoms with Crippen molar-refractivity contribution in [2.75, 3.05) is 5.32 Å². The summed E-state index contributed by atoms with van der Waals surface area (Å²) in [6.07, 6.45) is -0.904. The fraction of sp³-hybridized carbons (Fsp3) is 0.143. The first-order valence-electron chi connectivity index (χ1n) is 5.86. The lowest BCUT2D eigenvalue weighted by atomic mass is 10.3. The van der Waals surface area contributed by atoms with E-state index in [2.05, 4.69) is 5.32 Å². The van der Waals surface area contributed by atoms with Crippen LogP contribution in [-0.2, 0) is 9.53 Å². The van der Waals surface area contributed by atoms with Gasteiger partial charge in [-0.25, -0.2) is 4.79 Å².